The van der Waals surface area contributed by atoms with E-state index in [0.29, 0.717) is 0 Å². The lowest BCUT2D eigenvalue weighted by atomic mass is 10.2. The monoisotopic (exact) mass is 295 g/mol. The van der Waals surface area contributed by atoms with Gasteiger partial charge in [0, 0.05) is 12.7 Å². The van der Waals surface area contributed by atoms with Gasteiger partial charge in [0.1, 0.15) is 5.82 Å². The third-order valence-corrected chi connectivity index (χ3v) is 4.09. The second-order valence-electron chi connectivity index (χ2n) is 4.12. The molecule has 0 spiro atoms. The Hall–Kier alpha value is -1.92. The first-order valence-electron chi connectivity index (χ1n) is 5.89. The summed E-state index contributed by atoms with van der Waals surface area (Å²) in [5.41, 5.74) is 0.352. The molecule has 2 aromatic carbocycles. The fourth-order valence-corrected chi connectivity index (χ4v) is 2.86. The molecule has 0 radical (unpaired) electrons. The van der Waals surface area contributed by atoms with Crippen molar-refractivity contribution >= 4 is 15.7 Å². The topological polar surface area (TPSA) is 55.4 Å². The van der Waals surface area contributed by atoms with Gasteiger partial charge in [0.25, 0.3) is 10.0 Å². The Balaban J connectivity index is 2.37. The Bertz CT molecular complexity index is 687. The zero-order valence-electron chi connectivity index (χ0n) is 10.8. The highest BCUT2D eigenvalue weighted by molar-refractivity contribution is 7.92. The standard InChI is InChI=1S/C14H14FNO3S/c1-19-10-12-13(15)8-5-9-14(12)16-20(17,18)11-6-3-2-4-7-11/h2-9,16H,10H2,1H3. The molecule has 4 nitrogen and oxygen atoms in total. The summed E-state index contributed by atoms with van der Waals surface area (Å²) in [6.07, 6.45) is 0. The number of rotatable bonds is 5. The van der Waals surface area contributed by atoms with Gasteiger partial charge >= 0.3 is 0 Å². The summed E-state index contributed by atoms with van der Waals surface area (Å²) in [6.45, 7) is -0.0146. The fraction of sp³-hybridized carbons (Fsp3) is 0.143. The molecule has 0 bridgehead atoms. The predicted molar refractivity (Wildman–Crippen MR) is 74.4 cm³/mol. The maximum Gasteiger partial charge on any atom is 0.261 e. The van der Waals surface area contributed by atoms with Gasteiger partial charge in [-0.1, -0.05) is 24.3 Å². The van der Waals surface area contributed by atoms with E-state index in [1.807, 2.05) is 0 Å². The van der Waals surface area contributed by atoms with Crippen LogP contribution < -0.4 is 4.72 Å². The Morgan fingerprint density at radius 1 is 1.10 bits per heavy atom. The van der Waals surface area contributed by atoms with Crippen molar-refractivity contribution in [2.24, 2.45) is 0 Å². The molecule has 1 N–H and O–H groups in total. The van der Waals surface area contributed by atoms with Crippen molar-refractivity contribution in [1.29, 1.82) is 0 Å². The van der Waals surface area contributed by atoms with Gasteiger partial charge in [-0.3, -0.25) is 4.72 Å². The van der Waals surface area contributed by atoms with E-state index in [2.05, 4.69) is 4.72 Å². The summed E-state index contributed by atoms with van der Waals surface area (Å²) >= 11 is 0. The van der Waals surface area contributed by atoms with Crippen LogP contribution in [0.15, 0.2) is 53.4 Å². The SMILES string of the molecule is COCc1c(F)cccc1NS(=O)(=O)c1ccccc1. The first kappa shape index (κ1) is 14.5. The van der Waals surface area contributed by atoms with E-state index >= 15 is 0 Å². The van der Waals surface area contributed by atoms with Crippen molar-refractivity contribution in [3.8, 4) is 0 Å². The van der Waals surface area contributed by atoms with Gasteiger partial charge < -0.3 is 4.74 Å². The summed E-state index contributed by atoms with van der Waals surface area (Å²) in [6, 6.07) is 12.1. The van der Waals surface area contributed by atoms with Gasteiger partial charge in [0.05, 0.1) is 17.2 Å². The van der Waals surface area contributed by atoms with Crippen LogP contribution in [-0.4, -0.2) is 15.5 Å². The number of sulfonamides is 1. The number of ether oxygens (including phenoxy) is 1. The van der Waals surface area contributed by atoms with E-state index in [1.54, 1.807) is 18.2 Å². The highest BCUT2D eigenvalue weighted by Gasteiger charge is 2.17. The van der Waals surface area contributed by atoms with Gasteiger partial charge in [-0.2, -0.15) is 0 Å². The Kier molecular flexibility index (Phi) is 4.36. The average molecular weight is 295 g/mol. The van der Waals surface area contributed by atoms with Crippen LogP contribution in [0.25, 0.3) is 0 Å². The van der Waals surface area contributed by atoms with Crippen LogP contribution in [0.4, 0.5) is 10.1 Å². The summed E-state index contributed by atoms with van der Waals surface area (Å²) in [7, 11) is -2.32. The minimum atomic E-state index is -3.74. The molecule has 0 saturated carbocycles. The van der Waals surface area contributed by atoms with Gasteiger partial charge in [-0.25, -0.2) is 12.8 Å². The van der Waals surface area contributed by atoms with Crippen molar-refractivity contribution in [3.63, 3.8) is 0 Å². The lowest BCUT2D eigenvalue weighted by molar-refractivity contribution is 0.182. The van der Waals surface area contributed by atoms with Gasteiger partial charge in [0.2, 0.25) is 0 Å². The lowest BCUT2D eigenvalue weighted by Crippen LogP contribution is -2.15. The number of halogens is 1. The molecule has 0 heterocycles. The zero-order chi connectivity index (χ0) is 14.6. The molecule has 0 saturated heterocycles. The van der Waals surface area contributed by atoms with Crippen molar-refractivity contribution in [3.05, 3.63) is 59.9 Å². The van der Waals surface area contributed by atoms with E-state index in [0.717, 1.165) is 0 Å². The number of nitrogens with one attached hydrogen (secondary N) is 1. The highest BCUT2D eigenvalue weighted by atomic mass is 32.2. The molecule has 0 unspecified atom stereocenters. The predicted octanol–water partition coefficient (Wildman–Crippen LogP) is 2.77. The first-order chi connectivity index (χ1) is 9.54. The fourth-order valence-electron chi connectivity index (χ4n) is 1.75. The van der Waals surface area contributed by atoms with Crippen LogP contribution in [0.1, 0.15) is 5.56 Å². The van der Waals surface area contributed by atoms with Crippen molar-refractivity contribution in [1.82, 2.24) is 0 Å². The molecule has 6 heteroatoms. The summed E-state index contributed by atoms with van der Waals surface area (Å²) < 4.78 is 45.4. The van der Waals surface area contributed by atoms with Crippen LogP contribution in [0, 0.1) is 5.82 Å². The van der Waals surface area contributed by atoms with Crippen LogP contribution in [0.2, 0.25) is 0 Å². The smallest absolute Gasteiger partial charge is 0.261 e. The summed E-state index contributed by atoms with van der Waals surface area (Å²) in [5, 5.41) is 0. The molecule has 0 atom stereocenters. The van der Waals surface area contributed by atoms with Crippen LogP contribution >= 0.6 is 0 Å². The molecule has 0 fully saturated rings. The molecule has 0 aliphatic rings. The molecule has 2 rings (SSSR count). The number of methoxy groups -OCH3 is 1. The third-order valence-electron chi connectivity index (χ3n) is 2.71. The molecule has 2 aromatic rings. The maximum absolute atomic E-state index is 13.7. The Labute approximate surface area is 117 Å². The first-order valence-corrected chi connectivity index (χ1v) is 7.37. The van der Waals surface area contributed by atoms with E-state index in [1.165, 1.54) is 37.4 Å². The molecule has 0 amide bonds. The molecular weight excluding hydrogens is 281 g/mol. The quantitative estimate of drug-likeness (QED) is 0.923. The molecular formula is C14H14FNO3S. The maximum atomic E-state index is 13.7. The van der Waals surface area contributed by atoms with Crippen molar-refractivity contribution in [2.45, 2.75) is 11.5 Å². The Morgan fingerprint density at radius 2 is 1.80 bits per heavy atom. The Morgan fingerprint density at radius 3 is 2.45 bits per heavy atom. The summed E-state index contributed by atoms with van der Waals surface area (Å²) in [4.78, 5) is 0.118. The minimum absolute atomic E-state index is 0.0146. The van der Waals surface area contributed by atoms with E-state index in [4.69, 9.17) is 4.74 Å². The van der Waals surface area contributed by atoms with Crippen LogP contribution in [0.5, 0.6) is 0 Å². The number of hydrogen-bond donors (Lipinski definition) is 1. The second-order valence-corrected chi connectivity index (χ2v) is 5.80. The van der Waals surface area contributed by atoms with Crippen molar-refractivity contribution in [2.75, 3.05) is 11.8 Å². The number of anilines is 1. The van der Waals surface area contributed by atoms with Crippen LogP contribution in [-0.2, 0) is 21.4 Å². The van der Waals surface area contributed by atoms with Crippen molar-refractivity contribution < 1.29 is 17.5 Å². The van der Waals surface area contributed by atoms with Gasteiger partial charge in [-0.15, -0.1) is 0 Å². The molecule has 0 aliphatic carbocycles. The van der Waals surface area contributed by atoms with Crippen LogP contribution in [0.3, 0.4) is 0 Å². The lowest BCUT2D eigenvalue weighted by Gasteiger charge is -2.12. The molecule has 0 aromatic heterocycles. The average Bonchev–Trinajstić information content (AvgIpc) is 2.43. The number of hydrogen-bond acceptors (Lipinski definition) is 3. The van der Waals surface area contributed by atoms with E-state index in [-0.39, 0.29) is 22.8 Å². The molecule has 0 aliphatic heterocycles. The molecule has 20 heavy (non-hydrogen) atoms. The number of benzene rings is 2. The summed E-state index contributed by atoms with van der Waals surface area (Å²) in [5.74, 6) is -0.514. The normalized spacial score (nSPS) is 11.3. The third kappa shape index (κ3) is 3.15. The minimum Gasteiger partial charge on any atom is -0.380 e. The van der Waals surface area contributed by atoms with Gasteiger partial charge in [-0.05, 0) is 24.3 Å². The van der Waals surface area contributed by atoms with Gasteiger partial charge in [0.15, 0.2) is 0 Å². The highest BCUT2D eigenvalue weighted by Crippen LogP contribution is 2.23. The van der Waals surface area contributed by atoms with E-state index in [9.17, 15) is 12.8 Å². The second kappa shape index (κ2) is 6.02. The molecule has 106 valence electrons. The largest absolute Gasteiger partial charge is 0.380 e. The zero-order valence-corrected chi connectivity index (χ0v) is 11.7. The van der Waals surface area contributed by atoms with E-state index < -0.39 is 15.8 Å².